The van der Waals surface area contributed by atoms with Gasteiger partial charge in [-0.25, -0.2) is 0 Å². The Morgan fingerprint density at radius 3 is 2.29 bits per heavy atom. The molecular weight excluding hydrogens is 174 g/mol. The summed E-state index contributed by atoms with van der Waals surface area (Å²) in [6, 6.07) is 2.34. The van der Waals surface area contributed by atoms with Crippen molar-refractivity contribution in [1.29, 1.82) is 5.26 Å². The number of nitriles is 1. The van der Waals surface area contributed by atoms with E-state index >= 15 is 0 Å². The zero-order valence-electron chi connectivity index (χ0n) is 9.34. The molecule has 14 heavy (non-hydrogen) atoms. The molecule has 1 rings (SSSR count). The summed E-state index contributed by atoms with van der Waals surface area (Å²) in [6.45, 7) is 5.12. The van der Waals surface area contributed by atoms with E-state index in [1.807, 2.05) is 14.0 Å². The molecule has 1 unspecified atom stereocenters. The van der Waals surface area contributed by atoms with Crippen molar-refractivity contribution in [1.82, 2.24) is 10.2 Å². The molecule has 3 nitrogen and oxygen atoms in total. The number of nitrogens with zero attached hydrogens (tertiary/aromatic N) is 2. The van der Waals surface area contributed by atoms with Crippen LogP contribution >= 0.6 is 0 Å². The summed E-state index contributed by atoms with van der Waals surface area (Å²) in [4.78, 5) is 2.41. The van der Waals surface area contributed by atoms with Gasteiger partial charge in [0.05, 0.1) is 6.07 Å². The molecule has 1 heterocycles. The van der Waals surface area contributed by atoms with Crippen molar-refractivity contribution in [2.45, 2.75) is 38.1 Å². The van der Waals surface area contributed by atoms with Crippen molar-refractivity contribution in [2.75, 3.05) is 26.7 Å². The van der Waals surface area contributed by atoms with Gasteiger partial charge in [0, 0.05) is 6.54 Å². The van der Waals surface area contributed by atoms with Crippen molar-refractivity contribution in [3.05, 3.63) is 0 Å². The number of rotatable bonds is 3. The minimum atomic E-state index is -0.385. The van der Waals surface area contributed by atoms with Crippen LogP contribution in [-0.4, -0.2) is 37.1 Å². The second-order valence-corrected chi connectivity index (χ2v) is 4.38. The third-order valence-electron chi connectivity index (χ3n) is 3.04. The topological polar surface area (TPSA) is 39.1 Å². The quantitative estimate of drug-likeness (QED) is 0.739. The number of hydrogen-bond acceptors (Lipinski definition) is 3. The van der Waals surface area contributed by atoms with E-state index in [0.717, 1.165) is 19.6 Å². The fraction of sp³-hybridized carbons (Fsp3) is 0.909. The van der Waals surface area contributed by atoms with Gasteiger partial charge in [0.25, 0.3) is 0 Å². The Morgan fingerprint density at radius 2 is 1.86 bits per heavy atom. The molecule has 0 aromatic carbocycles. The van der Waals surface area contributed by atoms with Crippen molar-refractivity contribution in [3.8, 4) is 6.07 Å². The first kappa shape index (κ1) is 11.5. The van der Waals surface area contributed by atoms with Gasteiger partial charge < -0.3 is 10.2 Å². The molecule has 1 aliphatic rings. The molecule has 0 saturated carbocycles. The van der Waals surface area contributed by atoms with E-state index in [0.29, 0.717) is 0 Å². The van der Waals surface area contributed by atoms with Crippen molar-refractivity contribution < 1.29 is 0 Å². The summed E-state index contributed by atoms with van der Waals surface area (Å²) >= 11 is 0. The Balaban J connectivity index is 2.45. The number of nitrogens with one attached hydrogen (secondary N) is 1. The molecular formula is C11H21N3. The molecule has 1 saturated heterocycles. The lowest BCUT2D eigenvalue weighted by Gasteiger charge is -2.29. The van der Waals surface area contributed by atoms with Gasteiger partial charge in [0.2, 0.25) is 0 Å². The van der Waals surface area contributed by atoms with Gasteiger partial charge in [-0.1, -0.05) is 12.8 Å². The Labute approximate surface area is 87.1 Å². The summed E-state index contributed by atoms with van der Waals surface area (Å²) in [5, 5.41) is 12.1. The first-order valence-corrected chi connectivity index (χ1v) is 5.53. The molecule has 0 amide bonds. The van der Waals surface area contributed by atoms with Crippen LogP contribution in [0.1, 0.15) is 32.6 Å². The molecule has 3 heteroatoms. The highest BCUT2D eigenvalue weighted by atomic mass is 15.2. The third kappa shape index (κ3) is 3.28. The van der Waals surface area contributed by atoms with E-state index in [4.69, 9.17) is 5.26 Å². The second kappa shape index (κ2) is 5.33. The SMILES string of the molecule is CNC(C)(C#N)CN1CCCCCC1. The Hall–Kier alpha value is -0.590. The van der Waals surface area contributed by atoms with Gasteiger partial charge in [-0.15, -0.1) is 0 Å². The summed E-state index contributed by atoms with van der Waals surface area (Å²) in [7, 11) is 1.86. The van der Waals surface area contributed by atoms with Crippen LogP contribution in [-0.2, 0) is 0 Å². The zero-order valence-corrected chi connectivity index (χ0v) is 9.34. The lowest BCUT2D eigenvalue weighted by Crippen LogP contribution is -2.49. The molecule has 1 atom stereocenters. The Morgan fingerprint density at radius 1 is 1.29 bits per heavy atom. The van der Waals surface area contributed by atoms with E-state index in [9.17, 15) is 0 Å². The zero-order chi connectivity index (χ0) is 10.4. The average molecular weight is 195 g/mol. The van der Waals surface area contributed by atoms with Gasteiger partial charge in [0.15, 0.2) is 0 Å². The highest BCUT2D eigenvalue weighted by Gasteiger charge is 2.24. The van der Waals surface area contributed by atoms with Crippen LogP contribution in [0.3, 0.4) is 0 Å². The fourth-order valence-corrected chi connectivity index (χ4v) is 1.91. The Kier molecular flexibility index (Phi) is 4.37. The van der Waals surface area contributed by atoms with E-state index < -0.39 is 0 Å². The molecule has 0 aliphatic carbocycles. The van der Waals surface area contributed by atoms with E-state index in [2.05, 4.69) is 16.3 Å². The molecule has 1 fully saturated rings. The van der Waals surface area contributed by atoms with Gasteiger partial charge in [-0.3, -0.25) is 0 Å². The van der Waals surface area contributed by atoms with Crippen molar-refractivity contribution in [3.63, 3.8) is 0 Å². The summed E-state index contributed by atoms with van der Waals surface area (Å²) in [5.74, 6) is 0. The smallest absolute Gasteiger partial charge is 0.116 e. The van der Waals surface area contributed by atoms with Crippen LogP contribution in [0.4, 0.5) is 0 Å². The van der Waals surface area contributed by atoms with Gasteiger partial charge in [-0.05, 0) is 39.9 Å². The van der Waals surface area contributed by atoms with Crippen LogP contribution in [0.25, 0.3) is 0 Å². The summed E-state index contributed by atoms with van der Waals surface area (Å²) < 4.78 is 0. The highest BCUT2D eigenvalue weighted by Crippen LogP contribution is 2.12. The highest BCUT2D eigenvalue weighted by molar-refractivity contribution is 5.05. The maximum atomic E-state index is 9.05. The predicted molar refractivity (Wildman–Crippen MR) is 58.0 cm³/mol. The Bertz CT molecular complexity index is 201. The minimum Gasteiger partial charge on any atom is -0.302 e. The molecule has 1 aliphatic heterocycles. The van der Waals surface area contributed by atoms with E-state index in [-0.39, 0.29) is 5.54 Å². The van der Waals surface area contributed by atoms with Crippen molar-refractivity contribution in [2.24, 2.45) is 0 Å². The number of likely N-dealkylation sites (N-methyl/N-ethyl adjacent to an activating group) is 1. The first-order chi connectivity index (χ1) is 6.70. The standard InChI is InChI=1S/C11H21N3/c1-11(9-12,13-2)10-14-7-5-3-4-6-8-14/h13H,3-8,10H2,1-2H3. The first-order valence-electron chi connectivity index (χ1n) is 5.53. The van der Waals surface area contributed by atoms with Gasteiger partial charge in [0.1, 0.15) is 5.54 Å². The predicted octanol–water partition coefficient (Wildman–Crippen LogP) is 1.36. The fourth-order valence-electron chi connectivity index (χ4n) is 1.91. The lowest BCUT2D eigenvalue weighted by atomic mass is 10.0. The molecule has 0 spiro atoms. The molecule has 0 aromatic heterocycles. The minimum absolute atomic E-state index is 0.385. The molecule has 0 bridgehead atoms. The summed E-state index contributed by atoms with van der Waals surface area (Å²) in [5.41, 5.74) is -0.385. The third-order valence-corrected chi connectivity index (χ3v) is 3.04. The monoisotopic (exact) mass is 195 g/mol. The van der Waals surface area contributed by atoms with Gasteiger partial charge >= 0.3 is 0 Å². The molecule has 1 N–H and O–H groups in total. The van der Waals surface area contributed by atoms with Crippen LogP contribution in [0.5, 0.6) is 0 Å². The summed E-state index contributed by atoms with van der Waals surface area (Å²) in [6.07, 6.45) is 5.26. The molecule has 0 aromatic rings. The normalized spacial score (nSPS) is 23.5. The maximum Gasteiger partial charge on any atom is 0.116 e. The van der Waals surface area contributed by atoms with Crippen molar-refractivity contribution >= 4 is 0 Å². The maximum absolute atomic E-state index is 9.05. The van der Waals surface area contributed by atoms with E-state index in [1.165, 1.54) is 25.7 Å². The van der Waals surface area contributed by atoms with Crippen LogP contribution in [0, 0.1) is 11.3 Å². The van der Waals surface area contributed by atoms with Crippen LogP contribution < -0.4 is 5.32 Å². The largest absolute Gasteiger partial charge is 0.302 e. The van der Waals surface area contributed by atoms with Crippen LogP contribution in [0.15, 0.2) is 0 Å². The average Bonchev–Trinajstić information content (AvgIpc) is 2.46. The lowest BCUT2D eigenvalue weighted by molar-refractivity contribution is 0.233. The van der Waals surface area contributed by atoms with Gasteiger partial charge in [-0.2, -0.15) is 5.26 Å². The van der Waals surface area contributed by atoms with E-state index in [1.54, 1.807) is 0 Å². The molecule has 0 radical (unpaired) electrons. The van der Waals surface area contributed by atoms with Crippen LogP contribution in [0.2, 0.25) is 0 Å². The number of hydrogen-bond donors (Lipinski definition) is 1. The second-order valence-electron chi connectivity index (χ2n) is 4.38. The number of likely N-dealkylation sites (tertiary alicyclic amines) is 1. The molecule has 80 valence electrons.